The molecule has 1 aromatic heterocycles. The van der Waals surface area contributed by atoms with E-state index in [-0.39, 0.29) is 5.91 Å². The lowest BCUT2D eigenvalue weighted by atomic mass is 9.82. The van der Waals surface area contributed by atoms with Crippen molar-refractivity contribution < 1.29 is 9.53 Å². The fraction of sp³-hybridized carbons (Fsp3) is 0.360. The van der Waals surface area contributed by atoms with Crippen LogP contribution in [0.25, 0.3) is 22.2 Å². The highest BCUT2D eigenvalue weighted by atomic mass is 16.5. The van der Waals surface area contributed by atoms with Crippen LogP contribution in [0.1, 0.15) is 36.0 Å². The third kappa shape index (κ3) is 4.46. The molecule has 0 radical (unpaired) electrons. The minimum atomic E-state index is -0.0429. The Morgan fingerprint density at radius 3 is 2.60 bits per heavy atom. The third-order valence-electron chi connectivity index (χ3n) is 6.18. The number of benzene rings is 2. The Morgan fingerprint density at radius 1 is 1.07 bits per heavy atom. The molecular formula is C25H29N3O2. The molecule has 30 heavy (non-hydrogen) atoms. The van der Waals surface area contributed by atoms with E-state index in [9.17, 15) is 4.79 Å². The van der Waals surface area contributed by atoms with Crippen LogP contribution in [0.15, 0.2) is 54.6 Å². The third-order valence-corrected chi connectivity index (χ3v) is 6.18. The number of aromatic nitrogens is 1. The number of ether oxygens (including phenoxy) is 1. The molecule has 5 nitrogen and oxygen atoms in total. The highest BCUT2D eigenvalue weighted by molar-refractivity contribution is 6.07. The smallest absolute Gasteiger partial charge is 0.252 e. The molecule has 0 atom stereocenters. The second kappa shape index (κ2) is 9.26. The van der Waals surface area contributed by atoms with E-state index < -0.39 is 0 Å². The lowest BCUT2D eigenvalue weighted by Crippen LogP contribution is -2.32. The zero-order chi connectivity index (χ0) is 20.9. The maximum absolute atomic E-state index is 13.1. The number of pyridine rings is 1. The number of para-hydroxylation sites is 1. The van der Waals surface area contributed by atoms with Crippen LogP contribution in [-0.2, 0) is 0 Å². The summed E-state index contributed by atoms with van der Waals surface area (Å²) in [6.07, 6.45) is 4.59. The molecule has 0 saturated heterocycles. The zero-order valence-corrected chi connectivity index (χ0v) is 17.4. The van der Waals surface area contributed by atoms with Gasteiger partial charge in [0.2, 0.25) is 0 Å². The highest BCUT2D eigenvalue weighted by Gasteiger charge is 2.21. The number of nitrogens with one attached hydrogen (secondary N) is 1. The predicted molar refractivity (Wildman–Crippen MR) is 121 cm³/mol. The molecule has 0 spiro atoms. The molecule has 2 aromatic carbocycles. The molecule has 0 bridgehead atoms. The number of hydrogen-bond donors (Lipinski definition) is 2. The Labute approximate surface area is 177 Å². The largest absolute Gasteiger partial charge is 0.497 e. The molecule has 1 aliphatic carbocycles. The van der Waals surface area contributed by atoms with Crippen molar-refractivity contribution >= 4 is 16.8 Å². The number of nitrogens with two attached hydrogens (primary N) is 1. The molecule has 4 rings (SSSR count). The SMILES string of the molecule is COc1cccc(-c2cc(C(=O)NCC3CCC(CN)CC3)c3ccccc3n2)c1. The Hall–Kier alpha value is -2.92. The van der Waals surface area contributed by atoms with Gasteiger partial charge in [0.15, 0.2) is 0 Å². The molecule has 3 aromatic rings. The normalized spacial score (nSPS) is 18.9. The van der Waals surface area contributed by atoms with Gasteiger partial charge in [-0.3, -0.25) is 4.79 Å². The summed E-state index contributed by atoms with van der Waals surface area (Å²) in [6.45, 7) is 1.48. The van der Waals surface area contributed by atoms with Crippen LogP contribution in [0.2, 0.25) is 0 Å². The number of amides is 1. The highest BCUT2D eigenvalue weighted by Crippen LogP contribution is 2.29. The van der Waals surface area contributed by atoms with Crippen molar-refractivity contribution in [1.82, 2.24) is 10.3 Å². The lowest BCUT2D eigenvalue weighted by Gasteiger charge is -2.27. The van der Waals surface area contributed by atoms with Gasteiger partial charge in [-0.1, -0.05) is 30.3 Å². The van der Waals surface area contributed by atoms with Crippen molar-refractivity contribution in [2.24, 2.45) is 17.6 Å². The summed E-state index contributed by atoms with van der Waals surface area (Å²) in [6, 6.07) is 17.4. The average Bonchev–Trinajstić information content (AvgIpc) is 2.82. The summed E-state index contributed by atoms with van der Waals surface area (Å²) >= 11 is 0. The van der Waals surface area contributed by atoms with Crippen LogP contribution in [0.3, 0.4) is 0 Å². The molecule has 5 heteroatoms. The van der Waals surface area contributed by atoms with Gasteiger partial charge in [0, 0.05) is 17.5 Å². The molecule has 1 fully saturated rings. The van der Waals surface area contributed by atoms with E-state index in [2.05, 4.69) is 5.32 Å². The first kappa shape index (κ1) is 20.4. The molecule has 3 N–H and O–H groups in total. The molecule has 1 amide bonds. The van der Waals surface area contributed by atoms with Gasteiger partial charge in [-0.2, -0.15) is 0 Å². The summed E-state index contributed by atoms with van der Waals surface area (Å²) in [5, 5.41) is 4.04. The van der Waals surface area contributed by atoms with Gasteiger partial charge in [-0.15, -0.1) is 0 Å². The standard InChI is InChI=1S/C25H29N3O2/c1-30-20-6-4-5-19(13-20)24-14-22(21-7-2-3-8-23(21)28-24)25(29)27-16-18-11-9-17(15-26)10-12-18/h2-8,13-14,17-18H,9-12,15-16,26H2,1H3,(H,27,29). The number of hydrogen-bond acceptors (Lipinski definition) is 4. The summed E-state index contributed by atoms with van der Waals surface area (Å²) in [5.74, 6) is 1.90. The zero-order valence-electron chi connectivity index (χ0n) is 17.4. The summed E-state index contributed by atoms with van der Waals surface area (Å²) in [5.41, 5.74) is 8.96. The van der Waals surface area contributed by atoms with Crippen molar-refractivity contribution in [3.63, 3.8) is 0 Å². The summed E-state index contributed by atoms with van der Waals surface area (Å²) < 4.78 is 5.35. The number of fused-ring (bicyclic) bond motifs is 1. The Morgan fingerprint density at radius 2 is 1.83 bits per heavy atom. The van der Waals surface area contributed by atoms with Crippen molar-refractivity contribution in [2.75, 3.05) is 20.2 Å². The topological polar surface area (TPSA) is 77.2 Å². The predicted octanol–water partition coefficient (Wildman–Crippen LogP) is 4.41. The van der Waals surface area contributed by atoms with E-state index in [1.54, 1.807) is 7.11 Å². The minimum Gasteiger partial charge on any atom is -0.497 e. The first-order chi connectivity index (χ1) is 14.7. The van der Waals surface area contributed by atoms with E-state index in [4.69, 9.17) is 15.5 Å². The second-order valence-corrected chi connectivity index (χ2v) is 8.14. The van der Waals surface area contributed by atoms with Crippen molar-refractivity contribution in [3.8, 4) is 17.0 Å². The Bertz CT molecular complexity index is 1030. The fourth-order valence-electron chi connectivity index (χ4n) is 4.30. The maximum atomic E-state index is 13.1. The fourth-order valence-corrected chi connectivity index (χ4v) is 4.30. The first-order valence-electron chi connectivity index (χ1n) is 10.7. The molecule has 1 heterocycles. The van der Waals surface area contributed by atoms with Crippen LogP contribution in [0.4, 0.5) is 0 Å². The lowest BCUT2D eigenvalue weighted by molar-refractivity contribution is 0.0943. The Kier molecular flexibility index (Phi) is 6.29. The number of carbonyl (C=O) groups excluding carboxylic acids is 1. The van der Waals surface area contributed by atoms with E-state index in [1.165, 1.54) is 0 Å². The van der Waals surface area contributed by atoms with E-state index >= 15 is 0 Å². The van der Waals surface area contributed by atoms with Crippen molar-refractivity contribution in [3.05, 3.63) is 60.2 Å². The average molecular weight is 404 g/mol. The van der Waals surface area contributed by atoms with Gasteiger partial charge in [-0.05, 0) is 68.3 Å². The number of carbonyl (C=O) groups is 1. The summed E-state index contributed by atoms with van der Waals surface area (Å²) in [7, 11) is 1.65. The molecule has 156 valence electrons. The number of nitrogens with zero attached hydrogens (tertiary/aromatic N) is 1. The molecule has 1 saturated carbocycles. The van der Waals surface area contributed by atoms with Crippen LogP contribution in [0, 0.1) is 11.8 Å². The first-order valence-corrected chi connectivity index (χ1v) is 10.7. The van der Waals surface area contributed by atoms with Gasteiger partial charge >= 0.3 is 0 Å². The maximum Gasteiger partial charge on any atom is 0.252 e. The van der Waals surface area contributed by atoms with Gasteiger partial charge < -0.3 is 15.8 Å². The monoisotopic (exact) mass is 403 g/mol. The van der Waals surface area contributed by atoms with Crippen molar-refractivity contribution in [2.45, 2.75) is 25.7 Å². The van der Waals surface area contributed by atoms with Crippen LogP contribution < -0.4 is 15.8 Å². The van der Waals surface area contributed by atoms with Crippen molar-refractivity contribution in [1.29, 1.82) is 0 Å². The molecule has 1 aliphatic rings. The summed E-state index contributed by atoms with van der Waals surface area (Å²) in [4.78, 5) is 17.9. The van der Waals surface area contributed by atoms with E-state index in [1.807, 2.05) is 54.6 Å². The van der Waals surface area contributed by atoms with Gasteiger partial charge in [0.1, 0.15) is 5.75 Å². The van der Waals surface area contributed by atoms with Crippen LogP contribution in [-0.4, -0.2) is 31.1 Å². The molecular weight excluding hydrogens is 374 g/mol. The second-order valence-electron chi connectivity index (χ2n) is 8.14. The molecule has 0 unspecified atom stereocenters. The molecule has 0 aliphatic heterocycles. The van der Waals surface area contributed by atoms with E-state index in [0.717, 1.165) is 60.1 Å². The number of rotatable bonds is 6. The quantitative estimate of drug-likeness (QED) is 0.639. The van der Waals surface area contributed by atoms with E-state index in [0.29, 0.717) is 23.9 Å². The van der Waals surface area contributed by atoms with Crippen LogP contribution >= 0.6 is 0 Å². The minimum absolute atomic E-state index is 0.0429. The van der Waals surface area contributed by atoms with Gasteiger partial charge in [0.25, 0.3) is 5.91 Å². The van der Waals surface area contributed by atoms with Gasteiger partial charge in [-0.25, -0.2) is 4.98 Å². The number of methoxy groups -OCH3 is 1. The Balaban J connectivity index is 1.58. The van der Waals surface area contributed by atoms with Crippen LogP contribution in [0.5, 0.6) is 5.75 Å². The van der Waals surface area contributed by atoms with Gasteiger partial charge in [0.05, 0.1) is 23.9 Å².